The Kier molecular flexibility index (Phi) is 3.91. The molecule has 0 aromatic heterocycles. The first-order chi connectivity index (χ1) is 7.40. The molecule has 5 heteroatoms. The highest BCUT2D eigenvalue weighted by molar-refractivity contribution is 6.01. The number of ether oxygens (including phenoxy) is 1. The van der Waals surface area contributed by atoms with Crippen LogP contribution in [0, 0.1) is 5.41 Å². The molecule has 1 fully saturated rings. The summed E-state index contributed by atoms with van der Waals surface area (Å²) in [5.41, 5.74) is -1.40. The first-order valence-electron chi connectivity index (χ1n) is 5.51. The molecule has 92 valence electrons. The van der Waals surface area contributed by atoms with E-state index in [4.69, 9.17) is 9.84 Å². The van der Waals surface area contributed by atoms with Crippen LogP contribution in [0.5, 0.6) is 0 Å². The zero-order valence-corrected chi connectivity index (χ0v) is 9.95. The van der Waals surface area contributed by atoms with Crippen molar-refractivity contribution >= 4 is 11.9 Å². The van der Waals surface area contributed by atoms with Crippen molar-refractivity contribution in [1.29, 1.82) is 0 Å². The molecule has 1 amide bonds. The first kappa shape index (κ1) is 13.0. The number of carbonyl (C=O) groups is 2. The number of hydrogen-bond acceptors (Lipinski definition) is 3. The van der Waals surface area contributed by atoms with Crippen molar-refractivity contribution in [3.05, 3.63) is 0 Å². The fourth-order valence-corrected chi connectivity index (χ4v) is 2.04. The molecule has 0 aliphatic carbocycles. The third-order valence-corrected chi connectivity index (χ3v) is 3.16. The van der Waals surface area contributed by atoms with Crippen molar-refractivity contribution in [3.8, 4) is 0 Å². The maximum Gasteiger partial charge on any atom is 0.319 e. The predicted octanol–water partition coefficient (Wildman–Crippen LogP) is 0.781. The van der Waals surface area contributed by atoms with Crippen LogP contribution < -0.4 is 5.32 Å². The minimum Gasteiger partial charge on any atom is -0.480 e. The second-order valence-electron chi connectivity index (χ2n) is 4.57. The van der Waals surface area contributed by atoms with E-state index in [0.717, 1.165) is 12.8 Å². The summed E-state index contributed by atoms with van der Waals surface area (Å²) in [5.74, 6) is -1.57. The highest BCUT2D eigenvalue weighted by atomic mass is 16.5. The fourth-order valence-electron chi connectivity index (χ4n) is 2.04. The summed E-state index contributed by atoms with van der Waals surface area (Å²) >= 11 is 0. The summed E-state index contributed by atoms with van der Waals surface area (Å²) in [6.45, 7) is 3.40. The normalized spacial score (nSPS) is 28.4. The van der Waals surface area contributed by atoms with Crippen LogP contribution in [0.2, 0.25) is 0 Å². The van der Waals surface area contributed by atoms with E-state index >= 15 is 0 Å². The van der Waals surface area contributed by atoms with Gasteiger partial charge in [-0.1, -0.05) is 0 Å². The highest BCUT2D eigenvalue weighted by Gasteiger charge is 2.44. The lowest BCUT2D eigenvalue weighted by Gasteiger charge is -2.25. The van der Waals surface area contributed by atoms with Crippen molar-refractivity contribution in [3.63, 3.8) is 0 Å². The number of amides is 1. The molecule has 2 N–H and O–H groups in total. The van der Waals surface area contributed by atoms with Gasteiger partial charge in [-0.05, 0) is 33.1 Å². The molecular weight excluding hydrogens is 210 g/mol. The summed E-state index contributed by atoms with van der Waals surface area (Å²) in [6, 6.07) is 0. The van der Waals surface area contributed by atoms with Gasteiger partial charge in [-0.3, -0.25) is 9.59 Å². The number of carboxylic acids is 1. The van der Waals surface area contributed by atoms with Crippen molar-refractivity contribution in [1.82, 2.24) is 5.32 Å². The Morgan fingerprint density at radius 2 is 2.12 bits per heavy atom. The van der Waals surface area contributed by atoms with Gasteiger partial charge < -0.3 is 15.2 Å². The van der Waals surface area contributed by atoms with Gasteiger partial charge in [-0.15, -0.1) is 0 Å². The quantitative estimate of drug-likeness (QED) is 0.698. The standard InChI is InChI=1S/C11H19NO4/c1-7-4-5-8(16-7)6-11(2,10(14)15)9(13)12-3/h7-8H,4-6H2,1-3H3,(H,12,13)(H,14,15). The lowest BCUT2D eigenvalue weighted by Crippen LogP contribution is -2.45. The van der Waals surface area contributed by atoms with E-state index in [1.54, 1.807) is 0 Å². The van der Waals surface area contributed by atoms with Gasteiger partial charge in [0.1, 0.15) is 5.41 Å². The minimum absolute atomic E-state index is 0.131. The predicted molar refractivity (Wildman–Crippen MR) is 58.0 cm³/mol. The van der Waals surface area contributed by atoms with Gasteiger partial charge in [-0.2, -0.15) is 0 Å². The fraction of sp³-hybridized carbons (Fsp3) is 0.818. The van der Waals surface area contributed by atoms with E-state index in [0.29, 0.717) is 0 Å². The second-order valence-corrected chi connectivity index (χ2v) is 4.57. The van der Waals surface area contributed by atoms with Crippen LogP contribution in [0.4, 0.5) is 0 Å². The van der Waals surface area contributed by atoms with E-state index in [1.807, 2.05) is 6.92 Å². The van der Waals surface area contributed by atoms with Crippen molar-refractivity contribution in [2.45, 2.75) is 45.3 Å². The molecule has 0 aromatic carbocycles. The SMILES string of the molecule is CNC(=O)C(C)(CC1CCC(C)O1)C(=O)O. The van der Waals surface area contributed by atoms with Gasteiger partial charge in [-0.25, -0.2) is 0 Å². The summed E-state index contributed by atoms with van der Waals surface area (Å²) in [6.07, 6.45) is 2.00. The number of nitrogens with one attached hydrogen (secondary N) is 1. The van der Waals surface area contributed by atoms with Crippen LogP contribution in [0.15, 0.2) is 0 Å². The van der Waals surface area contributed by atoms with Gasteiger partial charge >= 0.3 is 5.97 Å². The monoisotopic (exact) mass is 229 g/mol. The summed E-state index contributed by atoms with van der Waals surface area (Å²) in [5, 5.41) is 11.5. The van der Waals surface area contributed by atoms with Crippen molar-refractivity contribution in [2.75, 3.05) is 7.05 Å². The molecule has 1 saturated heterocycles. The summed E-state index contributed by atoms with van der Waals surface area (Å²) in [4.78, 5) is 22.8. The van der Waals surface area contributed by atoms with Crippen LogP contribution in [0.3, 0.4) is 0 Å². The molecule has 3 atom stereocenters. The topological polar surface area (TPSA) is 75.6 Å². The third kappa shape index (κ3) is 2.52. The van der Waals surface area contributed by atoms with Crippen LogP contribution in [0.1, 0.15) is 33.1 Å². The molecule has 16 heavy (non-hydrogen) atoms. The van der Waals surface area contributed by atoms with Crippen LogP contribution in [0.25, 0.3) is 0 Å². The molecule has 1 aliphatic rings. The maximum absolute atomic E-state index is 11.6. The number of carboxylic acid groups (broad SMARTS) is 1. The molecule has 1 rings (SSSR count). The molecule has 0 spiro atoms. The molecule has 0 radical (unpaired) electrons. The van der Waals surface area contributed by atoms with Gasteiger partial charge in [0.05, 0.1) is 12.2 Å². The van der Waals surface area contributed by atoms with Crippen molar-refractivity contribution < 1.29 is 19.4 Å². The Hall–Kier alpha value is -1.10. The lowest BCUT2D eigenvalue weighted by atomic mass is 9.83. The third-order valence-electron chi connectivity index (χ3n) is 3.16. The Morgan fingerprint density at radius 3 is 2.50 bits per heavy atom. The number of carbonyl (C=O) groups excluding carboxylic acids is 1. The largest absolute Gasteiger partial charge is 0.480 e. The van der Waals surface area contributed by atoms with Crippen LogP contribution in [-0.2, 0) is 14.3 Å². The van der Waals surface area contributed by atoms with Gasteiger partial charge in [0.25, 0.3) is 0 Å². The molecule has 0 aromatic rings. The Morgan fingerprint density at radius 1 is 1.50 bits per heavy atom. The Labute approximate surface area is 95.2 Å². The Bertz CT molecular complexity index is 292. The molecule has 0 bridgehead atoms. The number of aliphatic carboxylic acids is 1. The smallest absolute Gasteiger partial charge is 0.319 e. The summed E-state index contributed by atoms with van der Waals surface area (Å²) < 4.78 is 5.56. The van der Waals surface area contributed by atoms with E-state index in [1.165, 1.54) is 14.0 Å². The highest BCUT2D eigenvalue weighted by Crippen LogP contribution is 2.31. The van der Waals surface area contributed by atoms with Crippen LogP contribution in [-0.4, -0.2) is 36.2 Å². The zero-order valence-electron chi connectivity index (χ0n) is 9.95. The molecule has 5 nitrogen and oxygen atoms in total. The molecule has 1 aliphatic heterocycles. The van der Waals surface area contributed by atoms with Crippen LogP contribution >= 0.6 is 0 Å². The molecule has 3 unspecified atom stereocenters. The summed E-state index contributed by atoms with van der Waals surface area (Å²) in [7, 11) is 1.45. The molecule has 0 saturated carbocycles. The molecular formula is C11H19NO4. The van der Waals surface area contributed by atoms with Gasteiger partial charge in [0, 0.05) is 7.05 Å². The van der Waals surface area contributed by atoms with Gasteiger partial charge in [0.15, 0.2) is 0 Å². The number of rotatable bonds is 4. The first-order valence-corrected chi connectivity index (χ1v) is 5.51. The minimum atomic E-state index is -1.40. The van der Waals surface area contributed by atoms with E-state index in [-0.39, 0.29) is 18.6 Å². The average molecular weight is 229 g/mol. The van der Waals surface area contributed by atoms with Crippen molar-refractivity contribution in [2.24, 2.45) is 5.41 Å². The van der Waals surface area contributed by atoms with E-state index in [2.05, 4.69) is 5.32 Å². The van der Waals surface area contributed by atoms with Gasteiger partial charge in [0.2, 0.25) is 5.91 Å². The molecule has 1 heterocycles. The zero-order chi connectivity index (χ0) is 12.3. The second kappa shape index (κ2) is 4.82. The Balaban J connectivity index is 2.72. The lowest BCUT2D eigenvalue weighted by molar-refractivity contribution is -0.157. The van der Waals surface area contributed by atoms with E-state index in [9.17, 15) is 9.59 Å². The van der Waals surface area contributed by atoms with E-state index < -0.39 is 17.3 Å². The maximum atomic E-state index is 11.6. The number of hydrogen-bond donors (Lipinski definition) is 2. The average Bonchev–Trinajstić information content (AvgIpc) is 2.62.